The van der Waals surface area contributed by atoms with Crippen LogP contribution in [0, 0.1) is 0 Å². The number of Topliss-reactive ketones (excluding diaryl/α,β-unsaturated/α-hetero) is 1. The highest BCUT2D eigenvalue weighted by molar-refractivity contribution is 7.89. The van der Waals surface area contributed by atoms with Crippen molar-refractivity contribution in [2.45, 2.75) is 11.8 Å². The molecule has 0 aliphatic carbocycles. The molecule has 160 valence electrons. The monoisotopic (exact) mass is 440 g/mol. The van der Waals surface area contributed by atoms with E-state index in [1.807, 2.05) is 24.3 Å². The second kappa shape index (κ2) is 9.50. The van der Waals surface area contributed by atoms with E-state index < -0.39 is 29.1 Å². The lowest BCUT2D eigenvalue weighted by molar-refractivity contribution is -0.141. The van der Waals surface area contributed by atoms with Crippen molar-refractivity contribution >= 4 is 44.1 Å². The van der Waals surface area contributed by atoms with Crippen LogP contribution in [-0.4, -0.2) is 39.2 Å². The van der Waals surface area contributed by atoms with Crippen molar-refractivity contribution in [2.24, 2.45) is 0 Å². The van der Waals surface area contributed by atoms with Crippen LogP contribution in [0.2, 0.25) is 0 Å². The van der Waals surface area contributed by atoms with Crippen LogP contribution in [0.5, 0.6) is 0 Å². The van der Waals surface area contributed by atoms with Crippen LogP contribution in [0.3, 0.4) is 0 Å². The number of hydrogen-bond donors (Lipinski definition) is 2. The number of esters is 1. The van der Waals surface area contributed by atoms with Gasteiger partial charge in [-0.05, 0) is 35.0 Å². The Morgan fingerprint density at radius 3 is 2.29 bits per heavy atom. The largest absolute Gasteiger partial charge is 0.456 e. The first-order valence-corrected chi connectivity index (χ1v) is 10.8. The minimum absolute atomic E-state index is 0.0822. The first-order chi connectivity index (χ1) is 14.8. The van der Waals surface area contributed by atoms with E-state index in [9.17, 15) is 22.8 Å². The number of fused-ring (bicyclic) bond motifs is 1. The van der Waals surface area contributed by atoms with Gasteiger partial charge in [0.25, 0.3) is 0 Å². The summed E-state index contributed by atoms with van der Waals surface area (Å²) in [6.07, 6.45) is 0. The zero-order chi connectivity index (χ0) is 22.4. The van der Waals surface area contributed by atoms with E-state index in [4.69, 9.17) is 4.74 Å². The molecule has 0 spiro atoms. The molecule has 1 amide bonds. The minimum atomic E-state index is -3.97. The number of rotatable bonds is 8. The Balaban J connectivity index is 1.56. The van der Waals surface area contributed by atoms with Crippen molar-refractivity contribution in [1.82, 2.24) is 4.72 Å². The fraction of sp³-hybridized carbons (Fsp3) is 0.136. The molecule has 0 atom stereocenters. The van der Waals surface area contributed by atoms with Crippen LogP contribution < -0.4 is 10.0 Å². The molecule has 0 fully saturated rings. The molecule has 3 aromatic rings. The number of benzene rings is 3. The first kappa shape index (κ1) is 22.1. The highest BCUT2D eigenvalue weighted by Crippen LogP contribution is 2.19. The summed E-state index contributed by atoms with van der Waals surface area (Å²) in [7, 11) is -3.97. The van der Waals surface area contributed by atoms with E-state index >= 15 is 0 Å². The zero-order valence-corrected chi connectivity index (χ0v) is 17.4. The van der Waals surface area contributed by atoms with Crippen molar-refractivity contribution in [3.05, 3.63) is 72.3 Å². The van der Waals surface area contributed by atoms with Gasteiger partial charge in [-0.15, -0.1) is 0 Å². The number of ether oxygens (including phenoxy) is 1. The number of carbonyl (C=O) groups is 3. The molecule has 0 saturated heterocycles. The van der Waals surface area contributed by atoms with E-state index in [2.05, 4.69) is 10.0 Å². The average molecular weight is 440 g/mol. The van der Waals surface area contributed by atoms with Crippen molar-refractivity contribution in [3.8, 4) is 0 Å². The molecule has 0 aliphatic heterocycles. The molecule has 0 bridgehead atoms. The summed E-state index contributed by atoms with van der Waals surface area (Å²) in [5, 5.41) is 4.16. The van der Waals surface area contributed by atoms with Gasteiger partial charge in [0.1, 0.15) is 6.54 Å². The maximum Gasteiger partial charge on any atom is 0.321 e. The third-order valence-corrected chi connectivity index (χ3v) is 5.76. The van der Waals surface area contributed by atoms with Crippen LogP contribution in [0.15, 0.2) is 71.6 Å². The first-order valence-electron chi connectivity index (χ1n) is 9.30. The number of nitrogens with one attached hydrogen (secondary N) is 2. The fourth-order valence-electron chi connectivity index (χ4n) is 2.90. The molecule has 0 aromatic heterocycles. The second-order valence-corrected chi connectivity index (χ2v) is 8.41. The number of sulfonamides is 1. The van der Waals surface area contributed by atoms with Crippen LogP contribution in [-0.2, 0) is 24.3 Å². The standard InChI is InChI=1S/C22H20N2O6S/c1-15(25)24-17-9-11-18(12-10-17)31(28,29)23-13-22(27)30-14-21(26)20-8-4-6-16-5-2-3-7-19(16)20/h2-12,23H,13-14H2,1H3,(H,24,25). The highest BCUT2D eigenvalue weighted by Gasteiger charge is 2.18. The molecule has 0 heterocycles. The van der Waals surface area contributed by atoms with Gasteiger partial charge in [0.15, 0.2) is 6.61 Å². The molecule has 0 saturated carbocycles. The lowest BCUT2D eigenvalue weighted by Gasteiger charge is -2.09. The van der Waals surface area contributed by atoms with Crippen LogP contribution in [0.1, 0.15) is 17.3 Å². The van der Waals surface area contributed by atoms with Crippen molar-refractivity contribution in [3.63, 3.8) is 0 Å². The Morgan fingerprint density at radius 1 is 0.903 bits per heavy atom. The van der Waals surface area contributed by atoms with Gasteiger partial charge in [-0.1, -0.05) is 42.5 Å². The van der Waals surface area contributed by atoms with Gasteiger partial charge >= 0.3 is 5.97 Å². The van der Waals surface area contributed by atoms with E-state index in [0.717, 1.165) is 10.8 Å². The molecule has 2 N–H and O–H groups in total. The van der Waals surface area contributed by atoms with Gasteiger partial charge in [0.05, 0.1) is 4.90 Å². The lowest BCUT2D eigenvalue weighted by Crippen LogP contribution is -2.31. The Kier molecular flexibility index (Phi) is 6.78. The Bertz CT molecular complexity index is 1230. The average Bonchev–Trinajstić information content (AvgIpc) is 2.75. The van der Waals surface area contributed by atoms with Crippen molar-refractivity contribution < 1.29 is 27.5 Å². The van der Waals surface area contributed by atoms with E-state index in [1.54, 1.807) is 18.2 Å². The van der Waals surface area contributed by atoms with Gasteiger partial charge in [0, 0.05) is 18.2 Å². The van der Waals surface area contributed by atoms with E-state index in [1.165, 1.54) is 31.2 Å². The van der Waals surface area contributed by atoms with Gasteiger partial charge in [-0.2, -0.15) is 4.72 Å². The molecule has 0 unspecified atom stereocenters. The SMILES string of the molecule is CC(=O)Nc1ccc(S(=O)(=O)NCC(=O)OCC(=O)c2cccc3ccccc23)cc1. The smallest absolute Gasteiger partial charge is 0.321 e. The second-order valence-electron chi connectivity index (χ2n) is 6.64. The number of ketones is 1. The van der Waals surface area contributed by atoms with Gasteiger partial charge in [0.2, 0.25) is 21.7 Å². The van der Waals surface area contributed by atoms with Crippen LogP contribution >= 0.6 is 0 Å². The molecule has 3 aromatic carbocycles. The van der Waals surface area contributed by atoms with E-state index in [-0.39, 0.29) is 16.6 Å². The number of amides is 1. The number of hydrogen-bond acceptors (Lipinski definition) is 6. The maximum atomic E-state index is 12.4. The topological polar surface area (TPSA) is 119 Å². The summed E-state index contributed by atoms with van der Waals surface area (Å²) >= 11 is 0. The molecule has 0 radical (unpaired) electrons. The van der Waals surface area contributed by atoms with E-state index in [0.29, 0.717) is 11.3 Å². The number of anilines is 1. The minimum Gasteiger partial charge on any atom is -0.456 e. The van der Waals surface area contributed by atoms with Gasteiger partial charge < -0.3 is 10.1 Å². The summed E-state index contributed by atoms with van der Waals surface area (Å²) in [5.74, 6) is -1.55. The predicted molar refractivity (Wildman–Crippen MR) is 115 cm³/mol. The summed E-state index contributed by atoms with van der Waals surface area (Å²) in [5.41, 5.74) is 0.864. The summed E-state index contributed by atoms with van der Waals surface area (Å²) in [4.78, 5) is 35.3. The highest BCUT2D eigenvalue weighted by atomic mass is 32.2. The van der Waals surface area contributed by atoms with Crippen molar-refractivity contribution in [1.29, 1.82) is 0 Å². The summed E-state index contributed by atoms with van der Waals surface area (Å²) < 4.78 is 31.7. The molecule has 9 heteroatoms. The molecule has 3 rings (SSSR count). The lowest BCUT2D eigenvalue weighted by atomic mass is 10.0. The molecular weight excluding hydrogens is 420 g/mol. The van der Waals surface area contributed by atoms with Crippen LogP contribution in [0.4, 0.5) is 5.69 Å². The van der Waals surface area contributed by atoms with Gasteiger partial charge in [-0.3, -0.25) is 14.4 Å². The molecule has 31 heavy (non-hydrogen) atoms. The molecular formula is C22H20N2O6S. The van der Waals surface area contributed by atoms with Crippen LogP contribution in [0.25, 0.3) is 10.8 Å². The quantitative estimate of drug-likeness (QED) is 0.410. The Labute approximate surface area is 179 Å². The third kappa shape index (κ3) is 5.74. The Hall–Kier alpha value is -3.56. The van der Waals surface area contributed by atoms with Gasteiger partial charge in [-0.25, -0.2) is 8.42 Å². The molecule has 0 aliphatic rings. The fourth-order valence-corrected chi connectivity index (χ4v) is 3.87. The third-order valence-electron chi connectivity index (χ3n) is 4.35. The zero-order valence-electron chi connectivity index (χ0n) is 16.6. The van der Waals surface area contributed by atoms with Crippen molar-refractivity contribution in [2.75, 3.05) is 18.5 Å². The summed E-state index contributed by atoms with van der Waals surface area (Å²) in [6.45, 7) is 0.210. The Morgan fingerprint density at radius 2 is 1.58 bits per heavy atom. The normalized spacial score (nSPS) is 11.1. The summed E-state index contributed by atoms with van der Waals surface area (Å²) in [6, 6.07) is 18.0. The number of carbonyl (C=O) groups excluding carboxylic acids is 3. The predicted octanol–water partition coefficient (Wildman–Crippen LogP) is 2.50. The maximum absolute atomic E-state index is 12.4. The molecule has 8 nitrogen and oxygen atoms in total.